The molecule has 0 saturated carbocycles. The van der Waals surface area contributed by atoms with Gasteiger partial charge in [-0.1, -0.05) is 0 Å². The van der Waals surface area contributed by atoms with Gasteiger partial charge in [0, 0.05) is 6.20 Å². The van der Waals surface area contributed by atoms with Crippen molar-refractivity contribution >= 4 is 5.82 Å². The minimum Gasteiger partial charge on any atom is -0.382 e. The Kier molecular flexibility index (Phi) is 3.60. The molecule has 2 aromatic rings. The van der Waals surface area contributed by atoms with Gasteiger partial charge < -0.3 is 5.73 Å². The minimum absolute atomic E-state index is 0.0653. The Morgan fingerprint density at radius 3 is 2.14 bits per heavy atom. The summed E-state index contributed by atoms with van der Waals surface area (Å²) in [5.74, 6) is 0.0653. The number of rotatable bonds is 2. The minimum atomic E-state index is -4.75. The van der Waals surface area contributed by atoms with Crippen molar-refractivity contribution in [1.29, 1.82) is 0 Å². The Labute approximate surface area is 115 Å². The average molecular weight is 309 g/mol. The van der Waals surface area contributed by atoms with Gasteiger partial charge in [-0.15, -0.1) is 0 Å². The van der Waals surface area contributed by atoms with Gasteiger partial charge in [-0.25, -0.2) is 0 Å². The second-order valence-electron chi connectivity index (χ2n) is 4.31. The van der Waals surface area contributed by atoms with Gasteiger partial charge in [0.2, 0.25) is 0 Å². The smallest absolute Gasteiger partial charge is 0.382 e. The van der Waals surface area contributed by atoms with Gasteiger partial charge in [-0.2, -0.15) is 31.4 Å². The molecule has 9 heteroatoms. The van der Waals surface area contributed by atoms with Crippen LogP contribution in [0.25, 0.3) is 0 Å². The number of benzene rings is 1. The molecule has 1 aromatic heterocycles. The normalized spacial score (nSPS) is 12.7. The van der Waals surface area contributed by atoms with E-state index in [4.69, 9.17) is 5.73 Å². The van der Waals surface area contributed by atoms with E-state index in [1.54, 1.807) is 0 Å². The van der Waals surface area contributed by atoms with Crippen LogP contribution in [0.5, 0.6) is 0 Å². The van der Waals surface area contributed by atoms with E-state index in [9.17, 15) is 26.3 Å². The van der Waals surface area contributed by atoms with Crippen molar-refractivity contribution in [1.82, 2.24) is 9.78 Å². The molecule has 114 valence electrons. The summed E-state index contributed by atoms with van der Waals surface area (Å²) in [7, 11) is 0. The van der Waals surface area contributed by atoms with E-state index in [-0.39, 0.29) is 5.82 Å². The van der Waals surface area contributed by atoms with Gasteiger partial charge in [0.25, 0.3) is 0 Å². The number of alkyl halides is 6. The highest BCUT2D eigenvalue weighted by Gasteiger charge is 2.36. The molecule has 0 bridgehead atoms. The Bertz CT molecular complexity index is 641. The van der Waals surface area contributed by atoms with E-state index < -0.39 is 35.6 Å². The van der Waals surface area contributed by atoms with Crippen LogP contribution in [0.4, 0.5) is 32.2 Å². The van der Waals surface area contributed by atoms with Crippen LogP contribution in [0, 0.1) is 0 Å². The van der Waals surface area contributed by atoms with Gasteiger partial charge in [0.15, 0.2) is 0 Å². The fourth-order valence-corrected chi connectivity index (χ4v) is 1.82. The highest BCUT2D eigenvalue weighted by atomic mass is 19.4. The maximum atomic E-state index is 12.8. The lowest BCUT2D eigenvalue weighted by atomic mass is 10.0. The number of hydrogen-bond acceptors (Lipinski definition) is 2. The Morgan fingerprint density at radius 2 is 1.67 bits per heavy atom. The predicted molar refractivity (Wildman–Crippen MR) is 62.2 cm³/mol. The molecule has 0 aliphatic heterocycles. The van der Waals surface area contributed by atoms with Gasteiger partial charge in [0.05, 0.1) is 17.7 Å². The van der Waals surface area contributed by atoms with Gasteiger partial charge in [0.1, 0.15) is 5.82 Å². The van der Waals surface area contributed by atoms with Crippen LogP contribution in [-0.4, -0.2) is 9.78 Å². The lowest BCUT2D eigenvalue weighted by molar-refractivity contribution is -0.141. The van der Waals surface area contributed by atoms with Crippen molar-refractivity contribution in [3.63, 3.8) is 0 Å². The monoisotopic (exact) mass is 309 g/mol. The number of anilines is 1. The molecule has 21 heavy (non-hydrogen) atoms. The van der Waals surface area contributed by atoms with Crippen LogP contribution in [0.15, 0.2) is 30.5 Å². The van der Waals surface area contributed by atoms with Gasteiger partial charge in [-0.3, -0.25) is 4.68 Å². The number of halogens is 6. The molecule has 0 aliphatic carbocycles. The lowest BCUT2D eigenvalue weighted by Crippen LogP contribution is -2.15. The number of nitrogens with two attached hydrogens (primary N) is 1. The summed E-state index contributed by atoms with van der Waals surface area (Å²) in [5.41, 5.74) is 2.51. The summed E-state index contributed by atoms with van der Waals surface area (Å²) in [5, 5.41) is 3.67. The summed E-state index contributed by atoms with van der Waals surface area (Å²) in [6.07, 6.45) is -8.18. The highest BCUT2D eigenvalue weighted by molar-refractivity contribution is 5.36. The van der Waals surface area contributed by atoms with Crippen LogP contribution in [0.1, 0.15) is 16.7 Å². The van der Waals surface area contributed by atoms with Gasteiger partial charge >= 0.3 is 12.4 Å². The van der Waals surface area contributed by atoms with E-state index >= 15 is 0 Å². The molecule has 2 rings (SSSR count). The summed E-state index contributed by atoms with van der Waals surface area (Å²) in [4.78, 5) is 0. The summed E-state index contributed by atoms with van der Waals surface area (Å²) in [6, 6.07) is 2.64. The first-order valence-electron chi connectivity index (χ1n) is 5.63. The fraction of sp³-hybridized carbons (Fsp3) is 0.250. The molecule has 0 aliphatic rings. The zero-order chi connectivity index (χ0) is 15.8. The third kappa shape index (κ3) is 3.47. The Hall–Kier alpha value is -2.19. The van der Waals surface area contributed by atoms with Gasteiger partial charge in [-0.05, 0) is 29.8 Å². The molecular weight excluding hydrogens is 300 g/mol. The first kappa shape index (κ1) is 15.2. The molecular formula is C12H9F6N3. The summed E-state index contributed by atoms with van der Waals surface area (Å²) in [6.45, 7) is -0.462. The zero-order valence-corrected chi connectivity index (χ0v) is 10.3. The van der Waals surface area contributed by atoms with Crippen molar-refractivity contribution in [2.24, 2.45) is 0 Å². The summed E-state index contributed by atoms with van der Waals surface area (Å²) < 4.78 is 77.4. The first-order valence-corrected chi connectivity index (χ1v) is 5.63. The number of nitrogens with zero attached hydrogens (tertiary/aromatic N) is 2. The van der Waals surface area contributed by atoms with Crippen molar-refractivity contribution in [2.45, 2.75) is 18.9 Å². The van der Waals surface area contributed by atoms with E-state index in [0.717, 1.165) is 4.68 Å². The topological polar surface area (TPSA) is 43.8 Å². The standard InChI is InChI=1S/C12H9F6N3/c13-11(14,15)8-1-2-9(12(16,17)18)7(5-8)6-21-4-3-10(19)20-21/h1-5H,6H2,(H2,19,20). The van der Waals surface area contributed by atoms with Crippen molar-refractivity contribution in [3.05, 3.63) is 47.2 Å². The SMILES string of the molecule is Nc1ccn(Cc2cc(C(F)(F)F)ccc2C(F)(F)F)n1. The molecule has 0 fully saturated rings. The molecule has 0 amide bonds. The zero-order valence-electron chi connectivity index (χ0n) is 10.3. The number of aromatic nitrogens is 2. The molecule has 2 N–H and O–H groups in total. The molecule has 0 spiro atoms. The molecule has 0 radical (unpaired) electrons. The van der Waals surface area contributed by atoms with E-state index in [0.29, 0.717) is 18.2 Å². The van der Waals surface area contributed by atoms with Crippen LogP contribution < -0.4 is 5.73 Å². The molecule has 0 unspecified atom stereocenters. The quantitative estimate of drug-likeness (QED) is 0.862. The number of nitrogen functional groups attached to an aromatic ring is 1. The highest BCUT2D eigenvalue weighted by Crippen LogP contribution is 2.36. The average Bonchev–Trinajstić information content (AvgIpc) is 2.72. The second-order valence-corrected chi connectivity index (χ2v) is 4.31. The van der Waals surface area contributed by atoms with Crippen LogP contribution >= 0.6 is 0 Å². The van der Waals surface area contributed by atoms with Crippen molar-refractivity contribution < 1.29 is 26.3 Å². The second kappa shape index (κ2) is 4.97. The van der Waals surface area contributed by atoms with E-state index in [2.05, 4.69) is 5.10 Å². The summed E-state index contributed by atoms with van der Waals surface area (Å²) >= 11 is 0. The molecule has 0 saturated heterocycles. The Balaban J connectivity index is 2.48. The molecule has 0 atom stereocenters. The lowest BCUT2D eigenvalue weighted by Gasteiger charge is -2.15. The third-order valence-corrected chi connectivity index (χ3v) is 2.73. The first-order chi connectivity index (χ1) is 9.57. The largest absolute Gasteiger partial charge is 0.416 e. The fourth-order valence-electron chi connectivity index (χ4n) is 1.82. The third-order valence-electron chi connectivity index (χ3n) is 2.73. The van der Waals surface area contributed by atoms with Crippen LogP contribution in [0.2, 0.25) is 0 Å². The number of hydrogen-bond donors (Lipinski definition) is 1. The van der Waals surface area contributed by atoms with Crippen LogP contribution in [0.3, 0.4) is 0 Å². The van der Waals surface area contributed by atoms with Crippen molar-refractivity contribution in [3.8, 4) is 0 Å². The Morgan fingerprint density at radius 1 is 1.00 bits per heavy atom. The van der Waals surface area contributed by atoms with Crippen LogP contribution in [-0.2, 0) is 18.9 Å². The molecule has 1 aromatic carbocycles. The van der Waals surface area contributed by atoms with Crippen molar-refractivity contribution in [2.75, 3.05) is 5.73 Å². The molecule has 1 heterocycles. The maximum Gasteiger partial charge on any atom is 0.416 e. The predicted octanol–water partition coefficient (Wildman–Crippen LogP) is 3.55. The molecule has 3 nitrogen and oxygen atoms in total. The maximum absolute atomic E-state index is 12.8. The van der Waals surface area contributed by atoms with E-state index in [1.165, 1.54) is 12.3 Å². The van der Waals surface area contributed by atoms with E-state index in [1.807, 2.05) is 0 Å².